The first-order chi connectivity index (χ1) is 23.2. The van der Waals surface area contributed by atoms with Crippen LogP contribution in [0.5, 0.6) is 0 Å². The maximum Gasteiger partial charge on any atom is 0.0795 e. The number of aromatic nitrogens is 2. The Hall–Kier alpha value is -3.73. The van der Waals surface area contributed by atoms with Gasteiger partial charge in [-0.25, -0.2) is 0 Å². The first kappa shape index (κ1) is 37.5. The number of thiophene rings is 1. The Labute approximate surface area is 317 Å². The number of aryl methyl sites for hydroxylation is 3. The van der Waals surface area contributed by atoms with Crippen molar-refractivity contribution >= 4 is 44.8 Å². The van der Waals surface area contributed by atoms with Crippen molar-refractivity contribution in [3.05, 3.63) is 138 Å². The quantitative estimate of drug-likeness (QED) is 0.127. The van der Waals surface area contributed by atoms with Crippen molar-refractivity contribution in [2.45, 2.75) is 67.6 Å². The van der Waals surface area contributed by atoms with Gasteiger partial charge in [-0.1, -0.05) is 111 Å². The molecule has 2 nitrogen and oxygen atoms in total. The summed E-state index contributed by atoms with van der Waals surface area (Å²) in [5.74, 6) is 0. The van der Waals surface area contributed by atoms with Crippen LogP contribution in [-0.2, 0) is 26.5 Å². The van der Waals surface area contributed by atoms with Crippen molar-refractivity contribution < 1.29 is 20.1 Å². The van der Waals surface area contributed by atoms with Gasteiger partial charge in [0.25, 0.3) is 0 Å². The van der Waals surface area contributed by atoms with Crippen molar-refractivity contribution in [2.75, 3.05) is 0 Å². The van der Waals surface area contributed by atoms with Gasteiger partial charge in [-0.05, 0) is 82.0 Å². The van der Waals surface area contributed by atoms with E-state index in [1.165, 1.54) is 58.7 Å². The van der Waals surface area contributed by atoms with Gasteiger partial charge in [0.1, 0.15) is 0 Å². The molecule has 7 rings (SSSR count). The van der Waals surface area contributed by atoms with Crippen LogP contribution in [0.3, 0.4) is 0 Å². The van der Waals surface area contributed by atoms with Gasteiger partial charge in [-0.3, -0.25) is 0 Å². The second-order valence-electron chi connectivity index (χ2n) is 15.5. The van der Waals surface area contributed by atoms with Gasteiger partial charge < -0.3 is 9.97 Å². The molecule has 0 amide bonds. The molecular weight excluding hydrogens is 821 g/mol. The van der Waals surface area contributed by atoms with Crippen LogP contribution >= 0.6 is 11.3 Å². The molecule has 7 aromatic rings. The molecule has 5 heteroatoms. The van der Waals surface area contributed by atoms with Crippen molar-refractivity contribution in [3.63, 3.8) is 0 Å². The van der Waals surface area contributed by atoms with E-state index in [0.29, 0.717) is 0 Å². The van der Waals surface area contributed by atoms with Crippen LogP contribution in [0.25, 0.3) is 53.8 Å². The molecule has 0 saturated heterocycles. The molecule has 1 radical (unpaired) electrons. The third-order valence-electron chi connectivity index (χ3n) is 8.79. The SMILES string of the molecule is C[Si](C)(C)c1ccc(-c2[c-]cccc2)nc1.Cc1cc(C)cc(-c2ccc3c(c2)sc2c(-c4cc(CC(C)(C)C)c(C)cn4)[c-]ccc23)c1.[Ir]. The Morgan fingerprint density at radius 3 is 2.08 bits per heavy atom. The summed E-state index contributed by atoms with van der Waals surface area (Å²) in [7, 11) is -1.23. The molecule has 0 saturated carbocycles. The molecule has 0 fully saturated rings. The maximum atomic E-state index is 4.82. The predicted molar refractivity (Wildman–Crippen MR) is 216 cm³/mol. The third kappa shape index (κ3) is 8.76. The third-order valence-corrected chi connectivity index (χ3v) is 12.0. The van der Waals surface area contributed by atoms with Gasteiger partial charge in [0, 0.05) is 37.2 Å². The van der Waals surface area contributed by atoms with E-state index in [1.807, 2.05) is 54.1 Å². The van der Waals surface area contributed by atoms with E-state index in [9.17, 15) is 0 Å². The summed E-state index contributed by atoms with van der Waals surface area (Å²) in [6.45, 7) is 20.4. The average molecular weight is 867 g/mol. The van der Waals surface area contributed by atoms with E-state index in [4.69, 9.17) is 4.98 Å². The van der Waals surface area contributed by atoms with Crippen molar-refractivity contribution in [3.8, 4) is 33.6 Å². The van der Waals surface area contributed by atoms with Crippen LogP contribution in [0.4, 0.5) is 0 Å². The molecule has 0 aliphatic carbocycles. The molecule has 257 valence electrons. The molecule has 0 atom stereocenters. The largest absolute Gasteiger partial charge is 0.305 e. The summed E-state index contributed by atoms with van der Waals surface area (Å²) >= 11 is 1.85. The molecule has 3 heterocycles. The normalized spacial score (nSPS) is 11.6. The van der Waals surface area contributed by atoms with E-state index < -0.39 is 8.07 Å². The summed E-state index contributed by atoms with van der Waals surface area (Å²) in [4.78, 5) is 9.34. The number of pyridine rings is 2. The Balaban J connectivity index is 0.000000241. The maximum absolute atomic E-state index is 4.82. The van der Waals surface area contributed by atoms with Crippen LogP contribution < -0.4 is 5.19 Å². The molecular formula is C45H46IrN2SSi-2. The zero-order valence-corrected chi connectivity index (χ0v) is 34.9. The number of nitrogens with zero attached hydrogens (tertiary/aromatic N) is 2. The number of fused-ring (bicyclic) bond motifs is 3. The van der Waals surface area contributed by atoms with Crippen molar-refractivity contribution in [1.82, 2.24) is 9.97 Å². The zero-order chi connectivity index (χ0) is 34.9. The fourth-order valence-electron chi connectivity index (χ4n) is 6.27. The van der Waals surface area contributed by atoms with Crippen LogP contribution in [0.15, 0.2) is 103 Å². The van der Waals surface area contributed by atoms with E-state index in [2.05, 4.69) is 139 Å². The Morgan fingerprint density at radius 2 is 1.44 bits per heavy atom. The molecule has 4 aromatic carbocycles. The van der Waals surface area contributed by atoms with Crippen molar-refractivity contribution in [2.24, 2.45) is 5.41 Å². The fourth-order valence-corrected chi connectivity index (χ4v) is 8.55. The van der Waals surface area contributed by atoms with Gasteiger partial charge >= 0.3 is 0 Å². The number of hydrogen-bond donors (Lipinski definition) is 0. The number of benzene rings is 4. The van der Waals surface area contributed by atoms with Gasteiger partial charge in [0.15, 0.2) is 0 Å². The van der Waals surface area contributed by atoms with Crippen LogP contribution in [0, 0.1) is 38.3 Å². The average Bonchev–Trinajstić information content (AvgIpc) is 3.43. The minimum Gasteiger partial charge on any atom is -0.305 e. The summed E-state index contributed by atoms with van der Waals surface area (Å²) in [5.41, 5.74) is 12.2. The van der Waals surface area contributed by atoms with Gasteiger partial charge in [0.05, 0.1) is 8.07 Å². The zero-order valence-electron chi connectivity index (χ0n) is 30.7. The molecule has 50 heavy (non-hydrogen) atoms. The minimum absolute atomic E-state index is 0. The summed E-state index contributed by atoms with van der Waals surface area (Å²) < 4.78 is 2.58. The van der Waals surface area contributed by atoms with Gasteiger partial charge in [-0.15, -0.1) is 59.7 Å². The molecule has 0 aliphatic heterocycles. The molecule has 3 aromatic heterocycles. The Bertz CT molecular complexity index is 2220. The standard InChI is InChI=1S/C31H30NS.C14H16NSi.Ir/c1-19-12-20(2)14-23(13-19)22-10-11-25-26-8-7-9-27(30(26)33-29(25)16-22)28-15-24(17-31(4,5)6)21(3)18-32-28;1-16(2,3)13-9-10-14(15-11-13)12-7-5-4-6-8-12;/h7-8,10-16,18H,17H2,1-6H3;4-7,9-11H,1-3H3;/q2*-1;. The summed E-state index contributed by atoms with van der Waals surface area (Å²) in [6.07, 6.45) is 5.08. The first-order valence-electron chi connectivity index (χ1n) is 17.1. The van der Waals surface area contributed by atoms with Crippen LogP contribution in [0.1, 0.15) is 43.0 Å². The Morgan fingerprint density at radius 1 is 0.700 bits per heavy atom. The van der Waals surface area contributed by atoms with E-state index in [1.54, 1.807) is 0 Å². The second-order valence-corrected chi connectivity index (χ2v) is 21.6. The molecule has 0 aliphatic rings. The number of hydrogen-bond acceptors (Lipinski definition) is 3. The molecule has 0 unspecified atom stereocenters. The van der Waals surface area contributed by atoms with Crippen molar-refractivity contribution in [1.29, 1.82) is 0 Å². The van der Waals surface area contributed by atoms with Gasteiger partial charge in [0.2, 0.25) is 0 Å². The fraction of sp³-hybridized carbons (Fsp3) is 0.244. The summed E-state index contributed by atoms with van der Waals surface area (Å²) in [5, 5.41) is 3.99. The molecule has 0 spiro atoms. The minimum atomic E-state index is -1.23. The summed E-state index contributed by atoms with van der Waals surface area (Å²) in [6, 6.07) is 39.1. The second kappa shape index (κ2) is 15.2. The van der Waals surface area contributed by atoms with E-state index in [-0.39, 0.29) is 25.5 Å². The van der Waals surface area contributed by atoms with E-state index >= 15 is 0 Å². The molecule has 0 N–H and O–H groups in total. The van der Waals surface area contributed by atoms with E-state index in [0.717, 1.165) is 28.9 Å². The van der Waals surface area contributed by atoms with Crippen LogP contribution in [0.2, 0.25) is 19.6 Å². The Kier molecular flexibility index (Phi) is 11.4. The first-order valence-corrected chi connectivity index (χ1v) is 21.4. The number of rotatable bonds is 5. The smallest absolute Gasteiger partial charge is 0.0795 e. The predicted octanol–water partition coefficient (Wildman–Crippen LogP) is 12.2. The monoisotopic (exact) mass is 867 g/mol. The van der Waals surface area contributed by atoms with Crippen LogP contribution in [-0.4, -0.2) is 18.0 Å². The topological polar surface area (TPSA) is 25.8 Å². The molecule has 0 bridgehead atoms. The van der Waals surface area contributed by atoms with Gasteiger partial charge in [-0.2, -0.15) is 11.3 Å².